The van der Waals surface area contributed by atoms with E-state index in [-0.39, 0.29) is 26.9 Å². The smallest absolute Gasteiger partial charge is 0.261 e. The van der Waals surface area contributed by atoms with E-state index in [4.69, 9.17) is 0 Å². The molecule has 0 aliphatic carbocycles. The van der Waals surface area contributed by atoms with Crippen molar-refractivity contribution in [3.05, 3.63) is 54.1 Å². The number of carbonyl (C=O) groups excluding carboxylic acids is 1. The van der Waals surface area contributed by atoms with Gasteiger partial charge >= 0.3 is 0 Å². The van der Waals surface area contributed by atoms with Crippen LogP contribution in [0.2, 0.25) is 0 Å². The Bertz CT molecular complexity index is 1120. The minimum atomic E-state index is -3.93. The quantitative estimate of drug-likeness (QED) is 0.620. The largest absolute Gasteiger partial charge is 0.347 e. The predicted octanol–water partition coefficient (Wildman–Crippen LogP) is 3.05. The van der Waals surface area contributed by atoms with Gasteiger partial charge in [-0.3, -0.25) is 9.52 Å². The first-order valence-corrected chi connectivity index (χ1v) is 12.8. The molecule has 0 spiro atoms. The highest BCUT2D eigenvalue weighted by Gasteiger charge is 2.23. The summed E-state index contributed by atoms with van der Waals surface area (Å²) in [5.74, 6) is -0.257. The Hall–Kier alpha value is -2.43. The molecule has 2 N–H and O–H groups in total. The third kappa shape index (κ3) is 6.28. The monoisotopic (exact) mass is 467 g/mol. The number of anilines is 1. The molecule has 8 nitrogen and oxygen atoms in total. The fourth-order valence-corrected chi connectivity index (χ4v) is 5.34. The molecule has 0 radical (unpaired) electrons. The number of nitrogens with zero attached hydrogens (tertiary/aromatic N) is 1. The highest BCUT2D eigenvalue weighted by molar-refractivity contribution is 7.92. The number of nitrogens with one attached hydrogen (secondary N) is 2. The normalized spacial score (nSPS) is 12.6. The summed E-state index contributed by atoms with van der Waals surface area (Å²) in [5.41, 5.74) is 0.304. The average molecular weight is 468 g/mol. The third-order valence-electron chi connectivity index (χ3n) is 4.37. The van der Waals surface area contributed by atoms with Crippen molar-refractivity contribution in [2.45, 2.75) is 49.9 Å². The van der Waals surface area contributed by atoms with Crippen LogP contribution in [-0.2, 0) is 20.0 Å². The lowest BCUT2D eigenvalue weighted by Gasteiger charge is -2.20. The maximum Gasteiger partial charge on any atom is 0.261 e. The summed E-state index contributed by atoms with van der Waals surface area (Å²) >= 11 is 0. The van der Waals surface area contributed by atoms with Crippen LogP contribution < -0.4 is 10.0 Å². The second kappa shape index (κ2) is 9.37. The van der Waals surface area contributed by atoms with Gasteiger partial charge in [-0.1, -0.05) is 13.8 Å². The molecule has 1 amide bonds. The number of benzene rings is 2. The second-order valence-electron chi connectivity index (χ2n) is 7.95. The van der Waals surface area contributed by atoms with Gasteiger partial charge in [0, 0.05) is 29.9 Å². The topological polar surface area (TPSA) is 113 Å². The molecule has 0 aromatic heterocycles. The summed E-state index contributed by atoms with van der Waals surface area (Å²) < 4.78 is 54.2. The minimum absolute atomic E-state index is 0.0318. The van der Waals surface area contributed by atoms with Crippen LogP contribution in [0.15, 0.2) is 58.3 Å². The van der Waals surface area contributed by atoms with Gasteiger partial charge in [-0.2, -0.15) is 4.31 Å². The van der Waals surface area contributed by atoms with Gasteiger partial charge in [-0.05, 0) is 69.3 Å². The highest BCUT2D eigenvalue weighted by Crippen LogP contribution is 2.21. The van der Waals surface area contributed by atoms with Gasteiger partial charge in [-0.25, -0.2) is 16.8 Å². The number of hydrogen-bond acceptors (Lipinski definition) is 5. The zero-order valence-electron chi connectivity index (χ0n) is 18.3. The zero-order valence-corrected chi connectivity index (χ0v) is 20.0. The molecule has 0 fully saturated rings. The van der Waals surface area contributed by atoms with Crippen LogP contribution in [0.3, 0.4) is 0 Å². The summed E-state index contributed by atoms with van der Waals surface area (Å²) in [7, 11) is -7.60. The lowest BCUT2D eigenvalue weighted by molar-refractivity contribution is 0.0919. The van der Waals surface area contributed by atoms with Crippen molar-refractivity contribution in [1.29, 1.82) is 0 Å². The molecule has 0 aliphatic heterocycles. The average Bonchev–Trinajstić information content (AvgIpc) is 2.68. The Kier molecular flexibility index (Phi) is 7.51. The first kappa shape index (κ1) is 24.8. The maximum absolute atomic E-state index is 12.7. The number of hydrogen-bond donors (Lipinski definition) is 2. The first-order chi connectivity index (χ1) is 14.3. The Morgan fingerprint density at radius 2 is 1.32 bits per heavy atom. The highest BCUT2D eigenvalue weighted by atomic mass is 32.2. The van der Waals surface area contributed by atoms with Crippen LogP contribution in [0.4, 0.5) is 5.69 Å². The Balaban J connectivity index is 2.19. The van der Waals surface area contributed by atoms with Crippen molar-refractivity contribution < 1.29 is 21.6 Å². The van der Waals surface area contributed by atoms with Crippen LogP contribution in [0, 0.1) is 0 Å². The lowest BCUT2D eigenvalue weighted by Crippen LogP contribution is -2.40. The van der Waals surface area contributed by atoms with Crippen LogP contribution in [0.1, 0.15) is 45.0 Å². The summed E-state index contributed by atoms with van der Waals surface area (Å²) in [6.45, 7) is 9.72. The fraction of sp³-hybridized carbons (Fsp3) is 0.381. The molecular formula is C21H29N3O5S2. The van der Waals surface area contributed by atoms with E-state index in [1.807, 2.05) is 20.8 Å². The minimum Gasteiger partial charge on any atom is -0.347 e. The standard InChI is InChI=1S/C21H29N3O5S2/c1-6-24(7-2)31(28,29)19-14-12-18(13-15-19)30(26,27)23-17-10-8-16(9-11-17)20(25)22-21(3,4)5/h8-15,23H,6-7H2,1-5H3,(H,22,25). The van der Waals surface area contributed by atoms with Crippen molar-refractivity contribution >= 4 is 31.6 Å². The van der Waals surface area contributed by atoms with Crippen molar-refractivity contribution in [3.8, 4) is 0 Å². The van der Waals surface area contributed by atoms with E-state index in [0.717, 1.165) is 0 Å². The SMILES string of the molecule is CCN(CC)S(=O)(=O)c1ccc(S(=O)(=O)Nc2ccc(C(=O)NC(C)(C)C)cc2)cc1. The van der Waals surface area contributed by atoms with Gasteiger partial charge in [0.15, 0.2) is 0 Å². The van der Waals surface area contributed by atoms with Crippen LogP contribution >= 0.6 is 0 Å². The van der Waals surface area contributed by atoms with Crippen molar-refractivity contribution in [3.63, 3.8) is 0 Å². The molecule has 0 saturated carbocycles. The van der Waals surface area contributed by atoms with Gasteiger partial charge in [-0.15, -0.1) is 0 Å². The molecule has 2 rings (SSSR count). The number of sulfonamides is 2. The van der Waals surface area contributed by atoms with Crippen molar-refractivity contribution in [2.24, 2.45) is 0 Å². The molecule has 10 heteroatoms. The second-order valence-corrected chi connectivity index (χ2v) is 11.6. The molecule has 0 unspecified atom stereocenters. The van der Waals surface area contributed by atoms with Gasteiger partial charge in [0.1, 0.15) is 0 Å². The molecule has 170 valence electrons. The van der Waals surface area contributed by atoms with E-state index >= 15 is 0 Å². The molecule has 0 saturated heterocycles. The van der Waals surface area contributed by atoms with Gasteiger partial charge in [0.05, 0.1) is 9.79 Å². The Morgan fingerprint density at radius 1 is 0.839 bits per heavy atom. The summed E-state index contributed by atoms with van der Waals surface area (Å²) in [6.07, 6.45) is 0. The van der Waals surface area contributed by atoms with Gasteiger partial charge in [0.2, 0.25) is 10.0 Å². The molecule has 0 aliphatic rings. The molecule has 0 bridgehead atoms. The van der Waals surface area contributed by atoms with Crippen LogP contribution in [0.5, 0.6) is 0 Å². The van der Waals surface area contributed by atoms with Crippen LogP contribution in [0.25, 0.3) is 0 Å². The van der Waals surface area contributed by atoms with Gasteiger partial charge < -0.3 is 5.32 Å². The van der Waals surface area contributed by atoms with Gasteiger partial charge in [0.25, 0.3) is 15.9 Å². The predicted molar refractivity (Wildman–Crippen MR) is 121 cm³/mol. The maximum atomic E-state index is 12.7. The Labute approximate surface area is 184 Å². The Morgan fingerprint density at radius 3 is 1.77 bits per heavy atom. The third-order valence-corrected chi connectivity index (χ3v) is 7.83. The van der Waals surface area contributed by atoms with Crippen LogP contribution in [-0.4, -0.2) is 45.7 Å². The van der Waals surface area contributed by atoms with E-state index in [2.05, 4.69) is 10.0 Å². The van der Waals surface area contributed by atoms with Crippen molar-refractivity contribution in [1.82, 2.24) is 9.62 Å². The van der Waals surface area contributed by atoms with E-state index in [1.54, 1.807) is 13.8 Å². The van der Waals surface area contributed by atoms with E-state index in [9.17, 15) is 21.6 Å². The number of carbonyl (C=O) groups is 1. The summed E-state index contributed by atoms with van der Waals surface area (Å²) in [5, 5.41) is 2.83. The summed E-state index contributed by atoms with van der Waals surface area (Å²) in [4.78, 5) is 12.1. The first-order valence-electron chi connectivity index (χ1n) is 9.86. The molecule has 0 heterocycles. The van der Waals surface area contributed by atoms with Crippen molar-refractivity contribution in [2.75, 3.05) is 17.8 Å². The lowest BCUT2D eigenvalue weighted by atomic mass is 10.1. The molecule has 2 aromatic rings. The fourth-order valence-electron chi connectivity index (χ4n) is 2.82. The number of rotatable bonds is 8. The molecule has 2 aromatic carbocycles. The molecular weight excluding hydrogens is 438 g/mol. The summed E-state index contributed by atoms with van der Waals surface area (Å²) in [6, 6.07) is 11.1. The van der Waals surface area contributed by atoms with E-state index in [1.165, 1.54) is 52.8 Å². The molecule has 31 heavy (non-hydrogen) atoms. The zero-order chi connectivity index (χ0) is 23.4. The number of amides is 1. The molecule has 0 atom stereocenters. The van der Waals surface area contributed by atoms with E-state index in [0.29, 0.717) is 18.7 Å². The van der Waals surface area contributed by atoms with E-state index < -0.39 is 20.0 Å².